The number of hydrogen-bond acceptors (Lipinski definition) is 4. The minimum Gasteiger partial charge on any atom is -0.376 e. The van der Waals surface area contributed by atoms with Crippen LogP contribution < -0.4 is 0 Å². The van der Waals surface area contributed by atoms with Gasteiger partial charge in [0.2, 0.25) is 0 Å². The molecule has 0 bridgehead atoms. The minimum absolute atomic E-state index is 0.120. The van der Waals surface area contributed by atoms with Crippen LogP contribution in [0.1, 0.15) is 34.6 Å². The summed E-state index contributed by atoms with van der Waals surface area (Å²) in [6.07, 6.45) is 2.49. The van der Waals surface area contributed by atoms with Crippen LogP contribution >= 0.6 is 27.7 Å². The minimum atomic E-state index is 0.120. The Labute approximate surface area is 155 Å². The number of thioether (sulfide) groups is 1. The molecule has 0 spiro atoms. The van der Waals surface area contributed by atoms with E-state index in [1.165, 1.54) is 11.8 Å². The number of ketones is 1. The van der Waals surface area contributed by atoms with Gasteiger partial charge in [-0.2, -0.15) is 0 Å². The molecule has 2 heterocycles. The quantitative estimate of drug-likeness (QED) is 0.524. The SMILES string of the molecule is Cc1nc(SCC(=O)c2ccc(Br)cc2)n(C[C@@H]2CCCO2)c1C. The molecule has 1 aromatic carbocycles. The van der Waals surface area contributed by atoms with Gasteiger partial charge in [-0.3, -0.25) is 4.79 Å². The first-order valence-corrected chi connectivity index (χ1v) is 9.89. The van der Waals surface area contributed by atoms with E-state index >= 15 is 0 Å². The fourth-order valence-corrected chi connectivity index (χ4v) is 4.05. The number of aromatic nitrogens is 2. The number of halogens is 1. The molecule has 1 aliphatic heterocycles. The number of Topliss-reactive ketones (excluding diaryl/α,β-unsaturated/α-hetero) is 1. The maximum atomic E-state index is 12.4. The van der Waals surface area contributed by atoms with Gasteiger partial charge in [-0.15, -0.1) is 0 Å². The lowest BCUT2D eigenvalue weighted by atomic mass is 10.2. The van der Waals surface area contributed by atoms with Crippen LogP contribution in [0.3, 0.4) is 0 Å². The van der Waals surface area contributed by atoms with E-state index in [9.17, 15) is 4.79 Å². The van der Waals surface area contributed by atoms with E-state index in [4.69, 9.17) is 4.74 Å². The van der Waals surface area contributed by atoms with Crippen LogP contribution in [0.5, 0.6) is 0 Å². The van der Waals surface area contributed by atoms with E-state index in [2.05, 4.69) is 32.4 Å². The van der Waals surface area contributed by atoms with Crippen molar-refractivity contribution < 1.29 is 9.53 Å². The van der Waals surface area contributed by atoms with Crippen molar-refractivity contribution in [3.8, 4) is 0 Å². The summed E-state index contributed by atoms with van der Waals surface area (Å²) in [5.74, 6) is 0.512. The van der Waals surface area contributed by atoms with E-state index in [-0.39, 0.29) is 11.9 Å². The Morgan fingerprint density at radius 3 is 2.79 bits per heavy atom. The average molecular weight is 409 g/mol. The van der Waals surface area contributed by atoms with E-state index < -0.39 is 0 Å². The lowest BCUT2D eigenvalue weighted by molar-refractivity contribution is 0.0945. The zero-order chi connectivity index (χ0) is 17.1. The Morgan fingerprint density at radius 2 is 2.12 bits per heavy atom. The summed E-state index contributed by atoms with van der Waals surface area (Å²) < 4.78 is 8.93. The number of ether oxygens (including phenoxy) is 1. The lowest BCUT2D eigenvalue weighted by Crippen LogP contribution is -2.17. The molecule has 0 unspecified atom stereocenters. The van der Waals surface area contributed by atoms with Crippen molar-refractivity contribution in [3.63, 3.8) is 0 Å². The second kappa shape index (κ2) is 7.85. The molecule has 4 nitrogen and oxygen atoms in total. The van der Waals surface area contributed by atoms with Gasteiger partial charge < -0.3 is 9.30 Å². The number of benzene rings is 1. The van der Waals surface area contributed by atoms with Crippen molar-refractivity contribution in [3.05, 3.63) is 45.7 Å². The molecule has 1 atom stereocenters. The largest absolute Gasteiger partial charge is 0.376 e. The van der Waals surface area contributed by atoms with Crippen LogP contribution in [-0.4, -0.2) is 33.8 Å². The number of imidazole rings is 1. The number of carbonyl (C=O) groups excluding carboxylic acids is 1. The highest BCUT2D eigenvalue weighted by Crippen LogP contribution is 2.25. The Morgan fingerprint density at radius 1 is 1.38 bits per heavy atom. The van der Waals surface area contributed by atoms with E-state index in [1.54, 1.807) is 0 Å². The van der Waals surface area contributed by atoms with Gasteiger partial charge in [0.1, 0.15) is 0 Å². The fraction of sp³-hybridized carbons (Fsp3) is 0.444. The second-order valence-electron chi connectivity index (χ2n) is 6.03. The summed E-state index contributed by atoms with van der Waals surface area (Å²) in [4.78, 5) is 17.0. The molecule has 0 saturated carbocycles. The summed E-state index contributed by atoms with van der Waals surface area (Å²) in [7, 11) is 0. The first-order valence-electron chi connectivity index (χ1n) is 8.11. The highest BCUT2D eigenvalue weighted by molar-refractivity contribution is 9.10. The summed E-state index contributed by atoms with van der Waals surface area (Å²) in [6, 6.07) is 7.49. The summed E-state index contributed by atoms with van der Waals surface area (Å²) in [5, 5.41) is 0.908. The third-order valence-corrected chi connectivity index (χ3v) is 5.84. The molecule has 1 saturated heterocycles. The zero-order valence-electron chi connectivity index (χ0n) is 13.9. The van der Waals surface area contributed by atoms with Crippen molar-refractivity contribution in [1.29, 1.82) is 0 Å². The predicted molar refractivity (Wildman–Crippen MR) is 99.9 cm³/mol. The predicted octanol–water partition coefficient (Wildman–Crippen LogP) is 4.42. The van der Waals surface area contributed by atoms with Crippen LogP contribution in [0.25, 0.3) is 0 Å². The molecule has 0 aliphatic carbocycles. The Balaban J connectivity index is 1.69. The van der Waals surface area contributed by atoms with Gasteiger partial charge in [0.25, 0.3) is 0 Å². The molecule has 1 fully saturated rings. The highest BCUT2D eigenvalue weighted by atomic mass is 79.9. The molecule has 0 N–H and O–H groups in total. The van der Waals surface area contributed by atoms with Crippen LogP contribution in [-0.2, 0) is 11.3 Å². The molecule has 0 radical (unpaired) electrons. The first kappa shape index (κ1) is 17.7. The monoisotopic (exact) mass is 408 g/mol. The van der Waals surface area contributed by atoms with Gasteiger partial charge in [0.15, 0.2) is 10.9 Å². The van der Waals surface area contributed by atoms with Crippen molar-refractivity contribution in [2.45, 2.75) is 44.5 Å². The number of nitrogens with zero attached hydrogens (tertiary/aromatic N) is 2. The van der Waals surface area contributed by atoms with Crippen LogP contribution in [0.2, 0.25) is 0 Å². The molecule has 3 rings (SSSR count). The fourth-order valence-electron chi connectivity index (χ4n) is 2.79. The van der Waals surface area contributed by atoms with Gasteiger partial charge >= 0.3 is 0 Å². The van der Waals surface area contributed by atoms with Gasteiger partial charge in [-0.25, -0.2) is 4.98 Å². The number of aryl methyl sites for hydroxylation is 1. The first-order chi connectivity index (χ1) is 11.5. The Kier molecular flexibility index (Phi) is 5.79. The van der Waals surface area contributed by atoms with Gasteiger partial charge in [0, 0.05) is 22.3 Å². The van der Waals surface area contributed by atoms with Crippen LogP contribution in [0.4, 0.5) is 0 Å². The second-order valence-corrected chi connectivity index (χ2v) is 7.89. The van der Waals surface area contributed by atoms with E-state index in [0.29, 0.717) is 5.75 Å². The molecule has 128 valence electrons. The maximum absolute atomic E-state index is 12.4. The molecule has 1 aromatic heterocycles. The van der Waals surface area contributed by atoms with Crippen molar-refractivity contribution in [2.75, 3.05) is 12.4 Å². The molecular formula is C18H21BrN2O2S. The third kappa shape index (κ3) is 4.10. The van der Waals surface area contributed by atoms with E-state index in [1.807, 2.05) is 31.2 Å². The summed E-state index contributed by atoms with van der Waals surface area (Å²) in [6.45, 7) is 5.77. The lowest BCUT2D eigenvalue weighted by Gasteiger charge is -2.14. The number of hydrogen-bond donors (Lipinski definition) is 0. The average Bonchev–Trinajstić information content (AvgIpc) is 3.17. The normalized spacial score (nSPS) is 17.4. The van der Waals surface area contributed by atoms with Gasteiger partial charge in [-0.1, -0.05) is 39.8 Å². The molecule has 1 aliphatic rings. The smallest absolute Gasteiger partial charge is 0.173 e. The van der Waals surface area contributed by atoms with Crippen molar-refractivity contribution in [1.82, 2.24) is 9.55 Å². The molecule has 24 heavy (non-hydrogen) atoms. The molecule has 6 heteroatoms. The summed E-state index contributed by atoms with van der Waals surface area (Å²) >= 11 is 4.90. The van der Waals surface area contributed by atoms with Gasteiger partial charge in [-0.05, 0) is 38.8 Å². The summed E-state index contributed by atoms with van der Waals surface area (Å²) in [5.41, 5.74) is 2.91. The number of rotatable bonds is 6. The van der Waals surface area contributed by atoms with Crippen molar-refractivity contribution >= 4 is 33.5 Å². The van der Waals surface area contributed by atoms with Crippen LogP contribution in [0.15, 0.2) is 33.9 Å². The number of carbonyl (C=O) groups is 1. The molecule has 2 aromatic rings. The van der Waals surface area contributed by atoms with Gasteiger partial charge in [0.05, 0.1) is 24.1 Å². The highest BCUT2D eigenvalue weighted by Gasteiger charge is 2.20. The Bertz CT molecular complexity index is 721. The molecular weight excluding hydrogens is 388 g/mol. The van der Waals surface area contributed by atoms with E-state index in [0.717, 1.165) is 52.6 Å². The third-order valence-electron chi connectivity index (χ3n) is 4.33. The molecule has 0 amide bonds. The Hall–Kier alpha value is -1.11. The standard InChI is InChI=1S/C18H21BrN2O2S/c1-12-13(2)21(10-16-4-3-9-23-16)18(20-12)24-11-17(22)14-5-7-15(19)8-6-14/h5-8,16H,3-4,9-11H2,1-2H3/t16-/m0/s1. The van der Waals surface area contributed by atoms with Crippen molar-refractivity contribution in [2.24, 2.45) is 0 Å². The van der Waals surface area contributed by atoms with Crippen LogP contribution in [0, 0.1) is 13.8 Å². The zero-order valence-corrected chi connectivity index (χ0v) is 16.3. The maximum Gasteiger partial charge on any atom is 0.173 e. The topological polar surface area (TPSA) is 44.1 Å².